The summed E-state index contributed by atoms with van der Waals surface area (Å²) in [5.74, 6) is -0.967. The molecule has 2 rings (SSSR count). The smallest absolute Gasteiger partial charge is 0.330 e. The van der Waals surface area contributed by atoms with E-state index in [2.05, 4.69) is 6.58 Å². The molecule has 0 aliphatic rings. The molecular weight excluding hydrogens is 348 g/mol. The zero-order valence-corrected chi connectivity index (χ0v) is 14.9. The lowest BCUT2D eigenvalue weighted by atomic mass is 9.99. The van der Waals surface area contributed by atoms with Crippen molar-refractivity contribution in [3.63, 3.8) is 0 Å². The summed E-state index contributed by atoms with van der Waals surface area (Å²) in [6, 6.07) is 15.3. The summed E-state index contributed by atoms with van der Waals surface area (Å²) in [5, 5.41) is 0. The highest BCUT2D eigenvalue weighted by molar-refractivity contribution is 6.00. The molecule has 0 spiro atoms. The number of ketones is 1. The van der Waals surface area contributed by atoms with Gasteiger partial charge >= 0.3 is 11.9 Å². The number of hydrogen-bond acceptors (Lipinski definition) is 6. The summed E-state index contributed by atoms with van der Waals surface area (Å²) in [7, 11) is 0. The normalized spacial score (nSPS) is 11.1. The lowest BCUT2D eigenvalue weighted by Gasteiger charge is -2.17. The van der Waals surface area contributed by atoms with E-state index in [0.29, 0.717) is 16.9 Å². The second kappa shape index (κ2) is 9.91. The van der Waals surface area contributed by atoms with E-state index in [0.717, 1.165) is 6.08 Å². The van der Waals surface area contributed by atoms with Gasteiger partial charge in [0.05, 0.1) is 0 Å². The highest BCUT2D eigenvalue weighted by atomic mass is 16.6. The fourth-order valence-corrected chi connectivity index (χ4v) is 2.32. The van der Waals surface area contributed by atoms with E-state index >= 15 is 0 Å². The highest BCUT2D eigenvalue weighted by Gasteiger charge is 2.25. The lowest BCUT2D eigenvalue weighted by molar-refractivity contribution is -0.144. The number of carbonyl (C=O) groups excluding carboxylic acids is 3. The topological polar surface area (TPSA) is 78.9 Å². The molecule has 0 heterocycles. The van der Waals surface area contributed by atoms with Crippen LogP contribution in [0.3, 0.4) is 0 Å². The van der Waals surface area contributed by atoms with Crippen molar-refractivity contribution in [2.75, 3.05) is 13.2 Å². The largest absolute Gasteiger partial charge is 0.490 e. The molecule has 0 radical (unpaired) electrons. The zero-order chi connectivity index (χ0) is 19.6. The third-order valence-electron chi connectivity index (χ3n) is 3.50. The van der Waals surface area contributed by atoms with Crippen LogP contribution in [0.1, 0.15) is 28.9 Å². The molecule has 0 bridgehead atoms. The molecule has 0 amide bonds. The van der Waals surface area contributed by atoms with Gasteiger partial charge in [0.15, 0.2) is 6.10 Å². The molecular formula is C21H20O6. The maximum absolute atomic E-state index is 12.8. The van der Waals surface area contributed by atoms with Crippen LogP contribution in [0.4, 0.5) is 0 Å². The van der Waals surface area contributed by atoms with E-state index < -0.39 is 18.0 Å². The van der Waals surface area contributed by atoms with Crippen LogP contribution in [-0.2, 0) is 19.1 Å². The van der Waals surface area contributed by atoms with Gasteiger partial charge in [-0.2, -0.15) is 0 Å². The van der Waals surface area contributed by atoms with Crippen molar-refractivity contribution >= 4 is 17.7 Å². The molecule has 0 N–H and O–H groups in total. The van der Waals surface area contributed by atoms with Crippen LogP contribution >= 0.6 is 0 Å². The Bertz CT molecular complexity index is 812. The van der Waals surface area contributed by atoms with Crippen molar-refractivity contribution in [2.45, 2.75) is 13.0 Å². The first-order valence-electron chi connectivity index (χ1n) is 8.29. The minimum Gasteiger partial charge on any atom is -0.490 e. The second-order valence-electron chi connectivity index (χ2n) is 5.51. The van der Waals surface area contributed by atoms with Gasteiger partial charge in [-0.05, 0) is 12.1 Å². The number of rotatable bonds is 9. The van der Waals surface area contributed by atoms with Gasteiger partial charge in [0.2, 0.25) is 5.78 Å². The number of carbonyl (C=O) groups is 3. The van der Waals surface area contributed by atoms with Gasteiger partial charge in [0, 0.05) is 24.1 Å². The van der Waals surface area contributed by atoms with Crippen LogP contribution in [0.5, 0.6) is 5.75 Å². The zero-order valence-electron chi connectivity index (χ0n) is 14.9. The van der Waals surface area contributed by atoms with Crippen molar-refractivity contribution in [2.24, 2.45) is 0 Å². The van der Waals surface area contributed by atoms with Crippen molar-refractivity contribution in [1.82, 2.24) is 0 Å². The van der Waals surface area contributed by atoms with Crippen LogP contribution in [0.25, 0.3) is 0 Å². The number of ether oxygens (including phenoxy) is 3. The maximum atomic E-state index is 12.8. The van der Waals surface area contributed by atoms with E-state index in [1.807, 2.05) is 0 Å². The Morgan fingerprint density at radius 2 is 1.78 bits per heavy atom. The monoisotopic (exact) mass is 368 g/mol. The van der Waals surface area contributed by atoms with Crippen LogP contribution in [-0.4, -0.2) is 30.9 Å². The molecule has 1 atom stereocenters. The predicted molar refractivity (Wildman–Crippen MR) is 98.4 cm³/mol. The minimum atomic E-state index is -1.08. The SMILES string of the molecule is C=CC(=O)OCCOc1cccc(C(OC(C)=O)C(=O)c2ccccc2)c1. The van der Waals surface area contributed by atoms with Crippen LogP contribution < -0.4 is 4.74 Å². The van der Waals surface area contributed by atoms with Gasteiger partial charge in [-0.25, -0.2) is 4.79 Å². The summed E-state index contributed by atoms with van der Waals surface area (Å²) in [5.41, 5.74) is 0.922. The van der Waals surface area contributed by atoms with Gasteiger partial charge in [0.25, 0.3) is 0 Å². The summed E-state index contributed by atoms with van der Waals surface area (Å²) in [4.78, 5) is 35.3. The molecule has 6 heteroatoms. The Morgan fingerprint density at radius 1 is 1.04 bits per heavy atom. The molecule has 27 heavy (non-hydrogen) atoms. The Kier molecular flexibility index (Phi) is 7.31. The van der Waals surface area contributed by atoms with Crippen molar-refractivity contribution < 1.29 is 28.6 Å². The van der Waals surface area contributed by atoms with E-state index in [-0.39, 0.29) is 19.0 Å². The molecule has 0 aromatic heterocycles. The summed E-state index contributed by atoms with van der Waals surface area (Å²) >= 11 is 0. The van der Waals surface area contributed by atoms with Crippen LogP contribution in [0.15, 0.2) is 67.3 Å². The Hall–Kier alpha value is -3.41. The van der Waals surface area contributed by atoms with E-state index in [1.54, 1.807) is 54.6 Å². The van der Waals surface area contributed by atoms with Crippen molar-refractivity contribution in [3.8, 4) is 5.75 Å². The molecule has 0 aliphatic carbocycles. The quantitative estimate of drug-likeness (QED) is 0.292. The van der Waals surface area contributed by atoms with Gasteiger partial charge in [0.1, 0.15) is 19.0 Å². The second-order valence-corrected chi connectivity index (χ2v) is 5.51. The fraction of sp³-hybridized carbons (Fsp3) is 0.190. The number of esters is 2. The average molecular weight is 368 g/mol. The molecule has 0 fully saturated rings. The van der Waals surface area contributed by atoms with E-state index in [4.69, 9.17) is 14.2 Å². The highest BCUT2D eigenvalue weighted by Crippen LogP contribution is 2.26. The average Bonchev–Trinajstić information content (AvgIpc) is 2.69. The first-order valence-corrected chi connectivity index (χ1v) is 8.29. The van der Waals surface area contributed by atoms with Gasteiger partial charge in [-0.1, -0.05) is 49.0 Å². The first-order chi connectivity index (χ1) is 13.0. The van der Waals surface area contributed by atoms with Gasteiger partial charge in [-0.3, -0.25) is 9.59 Å². The van der Waals surface area contributed by atoms with Gasteiger partial charge in [-0.15, -0.1) is 0 Å². The molecule has 6 nitrogen and oxygen atoms in total. The van der Waals surface area contributed by atoms with Gasteiger partial charge < -0.3 is 14.2 Å². The first kappa shape index (κ1) is 19.9. The minimum absolute atomic E-state index is 0.0609. The molecule has 2 aromatic rings. The fourth-order valence-electron chi connectivity index (χ4n) is 2.32. The molecule has 0 saturated heterocycles. The van der Waals surface area contributed by atoms with Crippen LogP contribution in [0.2, 0.25) is 0 Å². The predicted octanol–water partition coefficient (Wildman–Crippen LogP) is 3.28. The Balaban J connectivity index is 2.13. The molecule has 140 valence electrons. The van der Waals surface area contributed by atoms with E-state index in [9.17, 15) is 14.4 Å². The number of hydrogen-bond donors (Lipinski definition) is 0. The molecule has 1 unspecified atom stereocenters. The third-order valence-corrected chi connectivity index (χ3v) is 3.50. The maximum Gasteiger partial charge on any atom is 0.330 e. The standard InChI is InChI=1S/C21H20O6/c1-3-19(23)26-13-12-25-18-11-7-10-17(14-18)21(27-15(2)22)20(24)16-8-5-4-6-9-16/h3-11,14,21H,1,12-13H2,2H3. The van der Waals surface area contributed by atoms with Crippen molar-refractivity contribution in [1.29, 1.82) is 0 Å². The Morgan fingerprint density at radius 3 is 2.44 bits per heavy atom. The Labute approximate surface area is 157 Å². The van der Waals surface area contributed by atoms with Crippen molar-refractivity contribution in [3.05, 3.63) is 78.4 Å². The number of benzene rings is 2. The van der Waals surface area contributed by atoms with Crippen LogP contribution in [0, 0.1) is 0 Å². The molecule has 0 aliphatic heterocycles. The summed E-state index contributed by atoms with van der Waals surface area (Å²) < 4.78 is 15.6. The van der Waals surface area contributed by atoms with E-state index in [1.165, 1.54) is 6.92 Å². The molecule has 2 aromatic carbocycles. The lowest BCUT2D eigenvalue weighted by Crippen LogP contribution is -2.19. The summed E-state index contributed by atoms with van der Waals surface area (Å²) in [6.07, 6.45) is -0.00785. The molecule has 0 saturated carbocycles. The third kappa shape index (κ3) is 6.11. The number of Topliss-reactive ketones (excluding diaryl/α,β-unsaturated/α-hetero) is 1. The summed E-state index contributed by atoms with van der Waals surface area (Å²) in [6.45, 7) is 4.75.